The van der Waals surface area contributed by atoms with Gasteiger partial charge in [-0.2, -0.15) is 4.98 Å². The summed E-state index contributed by atoms with van der Waals surface area (Å²) < 4.78 is 11.0. The molecule has 10 heteroatoms. The highest BCUT2D eigenvalue weighted by Crippen LogP contribution is 2.32. The van der Waals surface area contributed by atoms with Crippen LogP contribution in [0.2, 0.25) is 0 Å². The summed E-state index contributed by atoms with van der Waals surface area (Å²) in [5.41, 5.74) is 3.64. The van der Waals surface area contributed by atoms with Gasteiger partial charge in [0.05, 0.1) is 44.2 Å². The Morgan fingerprint density at radius 1 is 1.03 bits per heavy atom. The van der Waals surface area contributed by atoms with Crippen LogP contribution in [0.25, 0.3) is 0 Å². The molecule has 0 radical (unpaired) electrons. The molecule has 3 fully saturated rings. The fourth-order valence-corrected chi connectivity index (χ4v) is 4.23. The number of anilines is 3. The van der Waals surface area contributed by atoms with Crippen molar-refractivity contribution in [3.63, 3.8) is 0 Å². The van der Waals surface area contributed by atoms with Crippen molar-refractivity contribution >= 4 is 23.6 Å². The van der Waals surface area contributed by atoms with Crippen molar-refractivity contribution in [2.24, 2.45) is 0 Å². The Kier molecular flexibility index (Phi) is 5.43. The molecule has 0 saturated carbocycles. The van der Waals surface area contributed by atoms with Crippen molar-refractivity contribution in [2.45, 2.75) is 24.9 Å². The van der Waals surface area contributed by atoms with E-state index in [1.54, 1.807) is 0 Å². The van der Waals surface area contributed by atoms with Crippen molar-refractivity contribution in [1.29, 1.82) is 0 Å². The van der Waals surface area contributed by atoms with E-state index in [1.807, 2.05) is 35.3 Å². The summed E-state index contributed by atoms with van der Waals surface area (Å²) >= 11 is 0. The van der Waals surface area contributed by atoms with Crippen LogP contribution in [0.15, 0.2) is 36.7 Å². The molecule has 30 heavy (non-hydrogen) atoms. The Balaban J connectivity index is 1.45. The molecule has 3 aliphatic heterocycles. The van der Waals surface area contributed by atoms with Crippen molar-refractivity contribution in [3.8, 4) is 0 Å². The Morgan fingerprint density at radius 3 is 2.50 bits per heavy atom. The quantitative estimate of drug-likeness (QED) is 0.805. The number of ether oxygens (including phenoxy) is 2. The van der Waals surface area contributed by atoms with E-state index in [0.29, 0.717) is 57.1 Å². The number of benzene rings is 1. The Labute approximate surface area is 174 Å². The first-order valence-corrected chi connectivity index (χ1v) is 10.3. The number of urea groups is 1. The minimum Gasteiger partial charge on any atom is -0.379 e. The number of morpholine rings is 2. The molecule has 3 aliphatic rings. The molecule has 2 unspecified atom stereocenters. The molecule has 1 N–H and O–H groups in total. The van der Waals surface area contributed by atoms with E-state index in [2.05, 4.69) is 20.3 Å². The van der Waals surface area contributed by atoms with Crippen LogP contribution >= 0.6 is 0 Å². The molecule has 2 atom stereocenters. The number of fused-ring (bicyclic) bond motifs is 2. The highest BCUT2D eigenvalue weighted by molar-refractivity contribution is 5.97. The largest absolute Gasteiger partial charge is 0.379 e. The zero-order valence-corrected chi connectivity index (χ0v) is 16.7. The molecule has 1 aromatic heterocycles. The smallest absolute Gasteiger partial charge is 0.343 e. The number of carbonyl (C=O) groups excluding carboxylic acids is 1. The summed E-state index contributed by atoms with van der Waals surface area (Å²) in [6.07, 6.45) is 3.60. The van der Waals surface area contributed by atoms with Crippen LogP contribution in [0, 0.1) is 0 Å². The zero-order valence-electron chi connectivity index (χ0n) is 16.7. The molecule has 1 aromatic carbocycles. The van der Waals surface area contributed by atoms with Gasteiger partial charge in [-0.1, -0.05) is 18.2 Å². The second-order valence-corrected chi connectivity index (χ2v) is 7.60. The van der Waals surface area contributed by atoms with Gasteiger partial charge >= 0.3 is 6.03 Å². The molecule has 4 heterocycles. The topological polar surface area (TPSA) is 96.0 Å². The third kappa shape index (κ3) is 3.81. The van der Waals surface area contributed by atoms with E-state index in [4.69, 9.17) is 14.5 Å². The summed E-state index contributed by atoms with van der Waals surface area (Å²) in [6, 6.07) is 9.62. The molecule has 0 aliphatic carbocycles. The standard InChI is InChI=1S/C20H25N7O3/c28-20(24-25-8-10-29-11-9-25)27(15-4-2-1-3-5-15)19-22-14-21-18(23-19)26-16-6-7-17(26)13-30-12-16/h1-5,14,16-17H,6-13H2,(H,24,28). The first-order valence-electron chi connectivity index (χ1n) is 10.3. The van der Waals surface area contributed by atoms with Crippen molar-refractivity contribution in [3.05, 3.63) is 36.7 Å². The van der Waals surface area contributed by atoms with E-state index < -0.39 is 0 Å². The van der Waals surface area contributed by atoms with Crippen LogP contribution in [-0.2, 0) is 9.47 Å². The molecular weight excluding hydrogens is 386 g/mol. The minimum atomic E-state index is -0.315. The van der Waals surface area contributed by atoms with Gasteiger partial charge in [-0.3, -0.25) is 5.43 Å². The summed E-state index contributed by atoms with van der Waals surface area (Å²) in [5, 5.41) is 1.85. The second-order valence-electron chi connectivity index (χ2n) is 7.60. The van der Waals surface area contributed by atoms with Gasteiger partial charge in [0, 0.05) is 13.1 Å². The van der Waals surface area contributed by atoms with Gasteiger partial charge in [-0.05, 0) is 25.0 Å². The lowest BCUT2D eigenvalue weighted by molar-refractivity contribution is 0.0203. The van der Waals surface area contributed by atoms with Crippen LogP contribution in [0.3, 0.4) is 0 Å². The molecule has 158 valence electrons. The monoisotopic (exact) mass is 411 g/mol. The summed E-state index contributed by atoms with van der Waals surface area (Å²) in [6.45, 7) is 3.79. The van der Waals surface area contributed by atoms with E-state index in [0.717, 1.165) is 12.8 Å². The highest BCUT2D eigenvalue weighted by Gasteiger charge is 2.39. The SMILES string of the molecule is O=C(NN1CCOCC1)N(c1ccccc1)c1ncnc(N2C3CCC2COC3)n1. The highest BCUT2D eigenvalue weighted by atomic mass is 16.5. The number of nitrogens with one attached hydrogen (secondary N) is 1. The molecular formula is C20H25N7O3. The third-order valence-corrected chi connectivity index (χ3v) is 5.70. The Bertz CT molecular complexity index is 862. The van der Waals surface area contributed by atoms with Crippen LogP contribution in [0.1, 0.15) is 12.8 Å². The predicted octanol–water partition coefficient (Wildman–Crippen LogP) is 1.33. The van der Waals surface area contributed by atoms with Gasteiger partial charge < -0.3 is 14.4 Å². The maximum absolute atomic E-state index is 13.2. The van der Waals surface area contributed by atoms with Gasteiger partial charge in [-0.25, -0.2) is 24.7 Å². The molecule has 5 rings (SSSR count). The number of hydrazine groups is 1. The number of hydrogen-bond donors (Lipinski definition) is 1. The maximum atomic E-state index is 13.2. The second kappa shape index (κ2) is 8.50. The molecule has 2 amide bonds. The Morgan fingerprint density at radius 2 is 1.77 bits per heavy atom. The number of amides is 2. The van der Waals surface area contributed by atoms with Gasteiger partial charge in [0.1, 0.15) is 6.33 Å². The van der Waals surface area contributed by atoms with Crippen LogP contribution in [0.5, 0.6) is 0 Å². The number of hydrogen-bond acceptors (Lipinski definition) is 8. The van der Waals surface area contributed by atoms with E-state index in [1.165, 1.54) is 11.2 Å². The minimum absolute atomic E-state index is 0.270. The first kappa shape index (κ1) is 19.2. The normalized spacial score (nSPS) is 23.9. The first-order chi connectivity index (χ1) is 14.8. The number of rotatable bonds is 4. The van der Waals surface area contributed by atoms with Crippen LogP contribution < -0.4 is 15.2 Å². The number of para-hydroxylation sites is 1. The van der Waals surface area contributed by atoms with Gasteiger partial charge in [-0.15, -0.1) is 0 Å². The average molecular weight is 411 g/mol. The summed E-state index contributed by atoms with van der Waals surface area (Å²) in [4.78, 5) is 30.4. The van der Waals surface area contributed by atoms with Crippen molar-refractivity contribution in [1.82, 2.24) is 25.4 Å². The lowest BCUT2D eigenvalue weighted by atomic mass is 10.2. The third-order valence-electron chi connectivity index (χ3n) is 5.70. The lowest BCUT2D eigenvalue weighted by Gasteiger charge is -2.35. The molecule has 0 spiro atoms. The zero-order chi connectivity index (χ0) is 20.3. The molecule has 10 nitrogen and oxygen atoms in total. The van der Waals surface area contributed by atoms with Gasteiger partial charge in [0.2, 0.25) is 11.9 Å². The molecule has 3 saturated heterocycles. The predicted molar refractivity (Wildman–Crippen MR) is 109 cm³/mol. The number of nitrogens with zero attached hydrogens (tertiary/aromatic N) is 6. The van der Waals surface area contributed by atoms with E-state index in [-0.39, 0.29) is 18.1 Å². The Hall–Kier alpha value is -2.82. The maximum Gasteiger partial charge on any atom is 0.343 e. The van der Waals surface area contributed by atoms with Gasteiger partial charge in [0.25, 0.3) is 0 Å². The van der Waals surface area contributed by atoms with E-state index >= 15 is 0 Å². The lowest BCUT2D eigenvalue weighted by Crippen LogP contribution is -2.52. The van der Waals surface area contributed by atoms with Crippen molar-refractivity contribution < 1.29 is 14.3 Å². The van der Waals surface area contributed by atoms with Crippen LogP contribution in [-0.4, -0.2) is 77.6 Å². The molecule has 2 bridgehead atoms. The summed E-state index contributed by atoms with van der Waals surface area (Å²) in [5.74, 6) is 0.888. The number of aromatic nitrogens is 3. The van der Waals surface area contributed by atoms with Crippen LogP contribution in [0.4, 0.5) is 22.4 Å². The fourth-order valence-electron chi connectivity index (χ4n) is 4.23. The molecule has 2 aromatic rings. The average Bonchev–Trinajstić information content (AvgIpc) is 3.04. The van der Waals surface area contributed by atoms with E-state index in [9.17, 15) is 4.79 Å². The van der Waals surface area contributed by atoms with Gasteiger partial charge in [0.15, 0.2) is 0 Å². The van der Waals surface area contributed by atoms with Crippen molar-refractivity contribution in [2.75, 3.05) is 49.3 Å². The fraction of sp³-hybridized carbons (Fsp3) is 0.500. The summed E-state index contributed by atoms with van der Waals surface area (Å²) in [7, 11) is 0. The number of carbonyl (C=O) groups is 1.